The highest BCUT2D eigenvalue weighted by Crippen LogP contribution is 2.47. The molecule has 0 amide bonds. The van der Waals surface area contributed by atoms with Crippen molar-refractivity contribution < 1.29 is 4.65 Å². The summed E-state index contributed by atoms with van der Waals surface area (Å²) in [6, 6.07) is 28.1. The highest BCUT2D eigenvalue weighted by Gasteiger charge is 2.37. The summed E-state index contributed by atoms with van der Waals surface area (Å²) >= 11 is 0. The lowest BCUT2D eigenvalue weighted by atomic mass is 9.55. The van der Waals surface area contributed by atoms with Gasteiger partial charge in [0.25, 0.3) is 0 Å². The van der Waals surface area contributed by atoms with E-state index in [9.17, 15) is 0 Å². The molecule has 0 atom stereocenters. The van der Waals surface area contributed by atoms with Gasteiger partial charge in [-0.3, -0.25) is 0 Å². The van der Waals surface area contributed by atoms with Crippen LogP contribution in [0.15, 0.2) is 78.9 Å². The Balaban J connectivity index is 2.25. The summed E-state index contributed by atoms with van der Waals surface area (Å²) in [5.74, 6) is 1.05. The lowest BCUT2D eigenvalue weighted by Gasteiger charge is -2.39. The monoisotopic (exact) mass is 482 g/mol. The first kappa shape index (κ1) is 28.1. The molecule has 0 aromatic heterocycles. The number of benzene rings is 3. The molecule has 0 spiro atoms. The van der Waals surface area contributed by atoms with Gasteiger partial charge in [-0.15, -0.1) is 0 Å². The molecular formula is C34H47BO. The normalized spacial score (nSPS) is 12.9. The van der Waals surface area contributed by atoms with Crippen LogP contribution in [0.5, 0.6) is 5.75 Å². The van der Waals surface area contributed by atoms with E-state index in [1.54, 1.807) is 0 Å². The lowest BCUT2D eigenvalue weighted by molar-refractivity contribution is 0.273. The van der Waals surface area contributed by atoms with Gasteiger partial charge < -0.3 is 4.65 Å². The van der Waals surface area contributed by atoms with Gasteiger partial charge in [0.2, 0.25) is 0 Å². The Hall–Kier alpha value is -2.48. The number of hydrogen-bond donors (Lipinski definition) is 0. The molecule has 0 aliphatic heterocycles. The van der Waals surface area contributed by atoms with Gasteiger partial charge in [0.1, 0.15) is 5.75 Å². The molecule has 0 aliphatic rings. The van der Waals surface area contributed by atoms with Crippen molar-refractivity contribution in [2.24, 2.45) is 10.8 Å². The van der Waals surface area contributed by atoms with Gasteiger partial charge in [0, 0.05) is 0 Å². The Bertz CT molecular complexity index is 1030. The number of para-hydroxylation sites is 1. The van der Waals surface area contributed by atoms with E-state index in [0.717, 1.165) is 18.6 Å². The average molecular weight is 483 g/mol. The summed E-state index contributed by atoms with van der Waals surface area (Å²) in [5, 5.41) is 0. The van der Waals surface area contributed by atoms with Gasteiger partial charge in [-0.1, -0.05) is 148 Å². The minimum Gasteiger partial charge on any atom is -0.551 e. The van der Waals surface area contributed by atoms with Gasteiger partial charge >= 0.3 is 6.92 Å². The van der Waals surface area contributed by atoms with Gasteiger partial charge in [-0.2, -0.15) is 0 Å². The van der Waals surface area contributed by atoms with Crippen molar-refractivity contribution in [3.63, 3.8) is 0 Å². The van der Waals surface area contributed by atoms with Crippen molar-refractivity contribution >= 4 is 17.8 Å². The third-order valence-corrected chi connectivity index (χ3v) is 6.86. The van der Waals surface area contributed by atoms with Crippen molar-refractivity contribution in [2.45, 2.75) is 92.9 Å². The van der Waals surface area contributed by atoms with Crippen LogP contribution in [0.3, 0.4) is 0 Å². The Labute approximate surface area is 221 Å². The van der Waals surface area contributed by atoms with Gasteiger partial charge in [-0.05, 0) is 56.6 Å². The minimum atomic E-state index is -0.178. The third-order valence-electron chi connectivity index (χ3n) is 6.86. The zero-order valence-corrected chi connectivity index (χ0v) is 24.4. The molecule has 192 valence electrons. The molecule has 0 N–H and O–H groups in total. The standard InChI is InChI=1S/C34H47BO/c1-31(2,3)24-33(7,8)28-22-17-23-29(34(9,10)25-32(4,5)6)30(28)36-35(26-18-13-11-14-19-26)27-20-15-12-16-21-27/h11-23H,24-25H2,1-10H3. The van der Waals surface area contributed by atoms with E-state index in [1.807, 2.05) is 0 Å². The van der Waals surface area contributed by atoms with Gasteiger partial charge in [-0.25, -0.2) is 0 Å². The van der Waals surface area contributed by atoms with Crippen molar-refractivity contribution in [1.29, 1.82) is 0 Å². The molecule has 0 saturated heterocycles. The smallest absolute Gasteiger partial charge is 0.426 e. The topological polar surface area (TPSA) is 9.23 Å². The van der Waals surface area contributed by atoms with Crippen LogP contribution in [0, 0.1) is 10.8 Å². The zero-order valence-electron chi connectivity index (χ0n) is 24.4. The lowest BCUT2D eigenvalue weighted by Crippen LogP contribution is -2.48. The fourth-order valence-electron chi connectivity index (χ4n) is 6.27. The Morgan fingerprint density at radius 3 is 1.19 bits per heavy atom. The van der Waals surface area contributed by atoms with E-state index in [4.69, 9.17) is 4.65 Å². The second kappa shape index (κ2) is 10.5. The summed E-state index contributed by atoms with van der Waals surface area (Å²) in [7, 11) is 0. The summed E-state index contributed by atoms with van der Waals surface area (Å²) in [4.78, 5) is 0. The van der Waals surface area contributed by atoms with E-state index >= 15 is 0 Å². The fraction of sp³-hybridized carbons (Fsp3) is 0.471. The molecule has 0 saturated carbocycles. The molecule has 0 unspecified atom stereocenters. The first-order chi connectivity index (χ1) is 16.6. The minimum absolute atomic E-state index is 0.0423. The molecule has 1 nitrogen and oxygen atoms in total. The molecule has 2 heteroatoms. The molecular weight excluding hydrogens is 435 g/mol. The van der Waals surface area contributed by atoms with E-state index < -0.39 is 0 Å². The van der Waals surface area contributed by atoms with Crippen LogP contribution in [-0.4, -0.2) is 6.92 Å². The maximum Gasteiger partial charge on any atom is 0.426 e. The van der Waals surface area contributed by atoms with Crippen molar-refractivity contribution in [1.82, 2.24) is 0 Å². The molecule has 36 heavy (non-hydrogen) atoms. The molecule has 3 rings (SSSR count). The summed E-state index contributed by atoms with van der Waals surface area (Å²) in [5.41, 5.74) is 5.27. The van der Waals surface area contributed by atoms with Crippen LogP contribution in [0.1, 0.15) is 93.2 Å². The molecule has 0 heterocycles. The van der Waals surface area contributed by atoms with Crippen molar-refractivity contribution in [3.05, 3.63) is 90.0 Å². The van der Waals surface area contributed by atoms with Crippen LogP contribution in [0.4, 0.5) is 0 Å². The Morgan fingerprint density at radius 2 is 0.861 bits per heavy atom. The highest BCUT2D eigenvalue weighted by molar-refractivity contribution is 6.80. The Morgan fingerprint density at radius 1 is 0.500 bits per heavy atom. The zero-order chi connectivity index (χ0) is 26.8. The first-order valence-electron chi connectivity index (χ1n) is 13.5. The largest absolute Gasteiger partial charge is 0.551 e. The van der Waals surface area contributed by atoms with Crippen LogP contribution in [0.25, 0.3) is 0 Å². The summed E-state index contributed by atoms with van der Waals surface area (Å²) in [6.45, 7) is 23.3. The summed E-state index contributed by atoms with van der Waals surface area (Å²) in [6.07, 6.45) is 2.14. The SMILES string of the molecule is CC(C)(C)CC(C)(C)c1cccc(C(C)(C)CC(C)(C)C)c1OB(c1ccccc1)c1ccccc1. The molecule has 0 bridgehead atoms. The predicted molar refractivity (Wildman–Crippen MR) is 159 cm³/mol. The van der Waals surface area contributed by atoms with Gasteiger partial charge in [0.05, 0.1) is 0 Å². The van der Waals surface area contributed by atoms with Gasteiger partial charge in [0.15, 0.2) is 0 Å². The number of rotatable bonds is 8. The van der Waals surface area contributed by atoms with E-state index in [2.05, 4.69) is 148 Å². The average Bonchev–Trinajstić information content (AvgIpc) is 2.75. The maximum atomic E-state index is 7.25. The second-order valence-electron chi connectivity index (χ2n) is 14.2. The molecule has 0 radical (unpaired) electrons. The number of hydrogen-bond acceptors (Lipinski definition) is 1. The van der Waals surface area contributed by atoms with E-state index in [0.29, 0.717) is 0 Å². The van der Waals surface area contributed by atoms with Crippen LogP contribution in [0.2, 0.25) is 0 Å². The highest BCUT2D eigenvalue weighted by atomic mass is 16.4. The van der Waals surface area contributed by atoms with E-state index in [-0.39, 0.29) is 28.6 Å². The van der Waals surface area contributed by atoms with Crippen LogP contribution in [-0.2, 0) is 10.8 Å². The third kappa shape index (κ3) is 7.28. The predicted octanol–water partition coefficient (Wildman–Crippen LogP) is 8.30. The fourth-order valence-corrected chi connectivity index (χ4v) is 6.27. The van der Waals surface area contributed by atoms with Crippen molar-refractivity contribution in [2.75, 3.05) is 0 Å². The molecule has 0 fully saturated rings. The van der Waals surface area contributed by atoms with Crippen LogP contribution >= 0.6 is 0 Å². The first-order valence-corrected chi connectivity index (χ1v) is 13.5. The maximum absolute atomic E-state index is 7.25. The second-order valence-corrected chi connectivity index (χ2v) is 14.2. The Kier molecular flexibility index (Phi) is 8.18. The molecule has 3 aromatic rings. The summed E-state index contributed by atoms with van der Waals surface area (Å²) < 4.78 is 7.25. The quantitative estimate of drug-likeness (QED) is 0.294. The molecule has 0 aliphatic carbocycles. The van der Waals surface area contributed by atoms with E-state index in [1.165, 1.54) is 22.1 Å². The van der Waals surface area contributed by atoms with Crippen molar-refractivity contribution in [3.8, 4) is 5.75 Å². The molecule has 3 aromatic carbocycles. The van der Waals surface area contributed by atoms with Crippen LogP contribution < -0.4 is 15.6 Å².